The van der Waals surface area contributed by atoms with Gasteiger partial charge in [0.15, 0.2) is 5.78 Å². The summed E-state index contributed by atoms with van der Waals surface area (Å²) in [7, 11) is 0. The number of morpholine rings is 1. The van der Waals surface area contributed by atoms with Crippen molar-refractivity contribution in [2.45, 2.75) is 38.8 Å². The molecule has 2 heterocycles. The monoisotopic (exact) mass is 378 g/mol. The Kier molecular flexibility index (Phi) is 6.08. The van der Waals surface area contributed by atoms with Crippen molar-refractivity contribution < 1.29 is 9.53 Å². The number of hydrogen-bond donors (Lipinski definition) is 0. The van der Waals surface area contributed by atoms with Crippen LogP contribution in [0.5, 0.6) is 0 Å². The molecule has 0 saturated carbocycles. The molecule has 0 aliphatic carbocycles. The lowest BCUT2D eigenvalue weighted by molar-refractivity contribution is 0.0141. The molecule has 0 amide bonds. The van der Waals surface area contributed by atoms with Crippen LogP contribution in [0.15, 0.2) is 48.5 Å². The molecule has 0 N–H and O–H groups in total. The Hall–Kier alpha value is -2.17. The van der Waals surface area contributed by atoms with Gasteiger partial charge in [0.05, 0.1) is 13.2 Å². The number of nitrogens with zero attached hydrogens (tertiary/aromatic N) is 2. The zero-order valence-electron chi connectivity index (χ0n) is 16.8. The Morgan fingerprint density at radius 3 is 2.57 bits per heavy atom. The SMILES string of the molecule is CCCC(c1ccc2c(c1)N(Cc1ccccc1)CCC2=O)N1CCOCC1. The van der Waals surface area contributed by atoms with E-state index >= 15 is 0 Å². The highest BCUT2D eigenvalue weighted by molar-refractivity contribution is 6.03. The van der Waals surface area contributed by atoms with Crippen LogP contribution in [-0.4, -0.2) is 43.5 Å². The molecule has 148 valence electrons. The fourth-order valence-corrected chi connectivity index (χ4v) is 4.44. The second-order valence-corrected chi connectivity index (χ2v) is 7.81. The molecule has 1 unspecified atom stereocenters. The van der Waals surface area contributed by atoms with Crippen LogP contribution in [0.1, 0.15) is 53.7 Å². The smallest absolute Gasteiger partial charge is 0.166 e. The summed E-state index contributed by atoms with van der Waals surface area (Å²) in [5.74, 6) is 0.268. The number of carbonyl (C=O) groups excluding carboxylic acids is 1. The highest BCUT2D eigenvalue weighted by atomic mass is 16.5. The summed E-state index contributed by atoms with van der Waals surface area (Å²) in [6.45, 7) is 7.47. The van der Waals surface area contributed by atoms with Crippen molar-refractivity contribution in [3.05, 3.63) is 65.2 Å². The van der Waals surface area contributed by atoms with Gasteiger partial charge < -0.3 is 9.64 Å². The molecule has 4 nitrogen and oxygen atoms in total. The fourth-order valence-electron chi connectivity index (χ4n) is 4.44. The predicted molar refractivity (Wildman–Crippen MR) is 113 cm³/mol. The maximum absolute atomic E-state index is 12.5. The minimum Gasteiger partial charge on any atom is -0.379 e. The predicted octanol–water partition coefficient (Wildman–Crippen LogP) is 4.45. The van der Waals surface area contributed by atoms with Crippen molar-refractivity contribution in [1.29, 1.82) is 0 Å². The zero-order valence-corrected chi connectivity index (χ0v) is 16.8. The van der Waals surface area contributed by atoms with Crippen molar-refractivity contribution in [2.75, 3.05) is 37.7 Å². The highest BCUT2D eigenvalue weighted by Crippen LogP contribution is 2.34. The van der Waals surface area contributed by atoms with Gasteiger partial charge in [0.25, 0.3) is 0 Å². The van der Waals surface area contributed by atoms with Crippen molar-refractivity contribution >= 4 is 11.5 Å². The van der Waals surface area contributed by atoms with Crippen LogP contribution >= 0.6 is 0 Å². The quantitative estimate of drug-likeness (QED) is 0.743. The summed E-state index contributed by atoms with van der Waals surface area (Å²) in [6.07, 6.45) is 2.87. The van der Waals surface area contributed by atoms with Crippen LogP contribution in [0.25, 0.3) is 0 Å². The molecule has 4 rings (SSSR count). The summed E-state index contributed by atoms with van der Waals surface area (Å²) in [5, 5.41) is 0. The van der Waals surface area contributed by atoms with Gasteiger partial charge in [0, 0.05) is 49.9 Å². The lowest BCUT2D eigenvalue weighted by Crippen LogP contribution is -2.39. The minimum atomic E-state index is 0.268. The minimum absolute atomic E-state index is 0.268. The van der Waals surface area contributed by atoms with E-state index < -0.39 is 0 Å². The van der Waals surface area contributed by atoms with Crippen LogP contribution < -0.4 is 4.90 Å². The molecule has 0 bridgehead atoms. The second-order valence-electron chi connectivity index (χ2n) is 7.81. The van der Waals surface area contributed by atoms with Crippen molar-refractivity contribution in [3.8, 4) is 0 Å². The second kappa shape index (κ2) is 8.89. The lowest BCUT2D eigenvalue weighted by atomic mass is 9.93. The van der Waals surface area contributed by atoms with Gasteiger partial charge in [-0.3, -0.25) is 9.69 Å². The van der Waals surface area contributed by atoms with Crippen LogP contribution in [0.3, 0.4) is 0 Å². The molecule has 2 aliphatic heterocycles. The number of Topliss-reactive ketones (excluding diaryl/α,β-unsaturated/α-hetero) is 1. The van der Waals surface area contributed by atoms with Crippen LogP contribution in [-0.2, 0) is 11.3 Å². The molecule has 2 aliphatic rings. The standard InChI is InChI=1S/C24H30N2O2/c1-2-6-22(25-13-15-28-16-14-25)20-9-10-21-23(17-20)26(12-11-24(21)27)18-19-7-4-3-5-8-19/h3-5,7-10,17,22H,2,6,11-16,18H2,1H3. The third kappa shape index (κ3) is 4.13. The van der Waals surface area contributed by atoms with Gasteiger partial charge in [-0.05, 0) is 29.7 Å². The third-order valence-corrected chi connectivity index (χ3v) is 5.92. The van der Waals surface area contributed by atoms with E-state index in [0.29, 0.717) is 12.5 Å². The first-order chi connectivity index (χ1) is 13.8. The van der Waals surface area contributed by atoms with Crippen LogP contribution in [0, 0.1) is 0 Å². The Morgan fingerprint density at radius 2 is 1.82 bits per heavy atom. The molecule has 0 radical (unpaired) electrons. The van der Waals surface area contributed by atoms with Crippen LogP contribution in [0.4, 0.5) is 5.69 Å². The first kappa shape index (κ1) is 19.2. The molecule has 1 atom stereocenters. The number of ether oxygens (including phenoxy) is 1. The van der Waals surface area contributed by atoms with Crippen molar-refractivity contribution in [2.24, 2.45) is 0 Å². The van der Waals surface area contributed by atoms with Gasteiger partial charge in [0.2, 0.25) is 0 Å². The summed E-state index contributed by atoms with van der Waals surface area (Å²) in [6, 6.07) is 17.5. The average molecular weight is 379 g/mol. The summed E-state index contributed by atoms with van der Waals surface area (Å²) >= 11 is 0. The maximum Gasteiger partial charge on any atom is 0.166 e. The van der Waals surface area contributed by atoms with Gasteiger partial charge in [-0.2, -0.15) is 0 Å². The molecular weight excluding hydrogens is 348 g/mol. The fraction of sp³-hybridized carbons (Fsp3) is 0.458. The molecule has 0 spiro atoms. The number of rotatable bonds is 6. The Morgan fingerprint density at radius 1 is 1.04 bits per heavy atom. The molecule has 2 aromatic rings. The average Bonchev–Trinajstić information content (AvgIpc) is 2.75. The van der Waals surface area contributed by atoms with Gasteiger partial charge >= 0.3 is 0 Å². The lowest BCUT2D eigenvalue weighted by Gasteiger charge is -2.36. The van der Waals surface area contributed by atoms with E-state index in [0.717, 1.165) is 63.5 Å². The number of carbonyl (C=O) groups is 1. The first-order valence-corrected chi connectivity index (χ1v) is 10.5. The molecule has 28 heavy (non-hydrogen) atoms. The van der Waals surface area contributed by atoms with Crippen LogP contribution in [0.2, 0.25) is 0 Å². The van der Waals surface area contributed by atoms with Gasteiger partial charge in [0.1, 0.15) is 0 Å². The number of ketones is 1. The zero-order chi connectivity index (χ0) is 19.3. The largest absolute Gasteiger partial charge is 0.379 e. The molecular formula is C24H30N2O2. The number of benzene rings is 2. The Balaban J connectivity index is 1.65. The molecule has 2 aromatic carbocycles. The summed E-state index contributed by atoms with van der Waals surface area (Å²) in [5.41, 5.74) is 4.59. The molecule has 1 saturated heterocycles. The van der Waals surface area contributed by atoms with Crippen molar-refractivity contribution in [3.63, 3.8) is 0 Å². The Labute approximate surface area is 168 Å². The van der Waals surface area contributed by atoms with E-state index in [1.807, 2.05) is 6.07 Å². The molecule has 1 fully saturated rings. The number of hydrogen-bond acceptors (Lipinski definition) is 4. The molecule has 4 heteroatoms. The maximum atomic E-state index is 12.5. The first-order valence-electron chi connectivity index (χ1n) is 10.5. The number of fused-ring (bicyclic) bond motifs is 1. The van der Waals surface area contributed by atoms with E-state index in [1.165, 1.54) is 11.1 Å². The van der Waals surface area contributed by atoms with Gasteiger partial charge in [-0.15, -0.1) is 0 Å². The topological polar surface area (TPSA) is 32.8 Å². The highest BCUT2D eigenvalue weighted by Gasteiger charge is 2.27. The molecule has 0 aromatic heterocycles. The summed E-state index contributed by atoms with van der Waals surface area (Å²) in [4.78, 5) is 17.5. The normalized spacial score (nSPS) is 18.8. The van der Waals surface area contributed by atoms with E-state index in [4.69, 9.17) is 4.74 Å². The van der Waals surface area contributed by atoms with E-state index in [-0.39, 0.29) is 5.78 Å². The van der Waals surface area contributed by atoms with Gasteiger partial charge in [-0.25, -0.2) is 0 Å². The van der Waals surface area contributed by atoms with Gasteiger partial charge in [-0.1, -0.05) is 49.7 Å². The van der Waals surface area contributed by atoms with E-state index in [2.05, 4.69) is 59.2 Å². The van der Waals surface area contributed by atoms with E-state index in [9.17, 15) is 4.79 Å². The number of anilines is 1. The summed E-state index contributed by atoms with van der Waals surface area (Å²) < 4.78 is 5.56. The van der Waals surface area contributed by atoms with Crippen molar-refractivity contribution in [1.82, 2.24) is 4.90 Å². The Bertz CT molecular complexity index is 800. The third-order valence-electron chi connectivity index (χ3n) is 5.92. The van der Waals surface area contributed by atoms with E-state index in [1.54, 1.807) is 0 Å².